The molecule has 0 fully saturated rings. The predicted octanol–water partition coefficient (Wildman–Crippen LogP) is 2.41. The van der Waals surface area contributed by atoms with Crippen LogP contribution in [0.15, 0.2) is 59.6 Å². The van der Waals surface area contributed by atoms with Gasteiger partial charge in [-0.1, -0.05) is 6.07 Å². The number of carbonyl (C=O) groups is 1. The first-order valence-corrected chi connectivity index (χ1v) is 11.1. The van der Waals surface area contributed by atoms with E-state index < -0.39 is 16.5 Å². The normalized spacial score (nSPS) is 15.2. The van der Waals surface area contributed by atoms with Crippen LogP contribution in [-0.2, 0) is 0 Å². The van der Waals surface area contributed by atoms with Crippen LogP contribution in [0.2, 0.25) is 0 Å². The molecular formula is C20H25ClN7O4S+. The molecule has 0 atom stereocenters. The van der Waals surface area contributed by atoms with E-state index in [9.17, 15) is 13.9 Å². The number of halogens is 1. The van der Waals surface area contributed by atoms with Gasteiger partial charge >= 0.3 is 0 Å². The van der Waals surface area contributed by atoms with Crippen molar-refractivity contribution in [2.24, 2.45) is 10.1 Å². The maximum Gasteiger partial charge on any atom is 0.267 e. The number of amidine groups is 1. The standard InChI is InChI=1S/C20H23N7O4S.ClH/c1-20(2,24-19(28)13-6-7-23-16(10-13)27-9-8-22-12-27)11-31-15-5-3-4-14-17(15)18(21)26-32(29,30)25-14;/h3-10,12H,11H2,1-2H3,(H6,21,24,25,26,28,29,30);1H/p+1. The summed E-state index contributed by atoms with van der Waals surface area (Å²) in [6.07, 6.45) is 6.85. The van der Waals surface area contributed by atoms with Crippen molar-refractivity contribution >= 4 is 40.8 Å². The van der Waals surface area contributed by atoms with E-state index >= 15 is 0 Å². The Kier molecular flexibility index (Phi) is 6.84. The molecule has 176 valence electrons. The third-order valence-corrected chi connectivity index (χ3v) is 5.56. The molecule has 3 heterocycles. The van der Waals surface area contributed by atoms with Crippen molar-refractivity contribution in [1.82, 2.24) is 15.3 Å². The molecule has 2 aromatic heterocycles. The number of H-pyrrole nitrogens is 1. The molecule has 0 bridgehead atoms. The zero-order chi connectivity index (χ0) is 22.9. The van der Waals surface area contributed by atoms with Crippen LogP contribution in [-0.4, -0.2) is 43.0 Å². The molecule has 1 amide bonds. The number of nitrogens with zero attached hydrogens (tertiary/aromatic N) is 3. The lowest BCUT2D eigenvalue weighted by Crippen LogP contribution is -2.48. The maximum absolute atomic E-state index is 12.8. The van der Waals surface area contributed by atoms with Gasteiger partial charge in [-0.15, -0.1) is 21.8 Å². The van der Waals surface area contributed by atoms with Crippen molar-refractivity contribution in [2.45, 2.75) is 19.4 Å². The number of imidazole rings is 1. The molecule has 0 saturated heterocycles. The summed E-state index contributed by atoms with van der Waals surface area (Å²) in [5, 5.41) is 2.96. The summed E-state index contributed by atoms with van der Waals surface area (Å²) in [6, 6.07) is 8.36. The van der Waals surface area contributed by atoms with Gasteiger partial charge in [-0.25, -0.2) is 4.57 Å². The van der Waals surface area contributed by atoms with Crippen molar-refractivity contribution < 1.29 is 23.2 Å². The third-order valence-electron chi connectivity index (χ3n) is 4.61. The summed E-state index contributed by atoms with van der Waals surface area (Å²) in [5.74, 6) is 0.702. The van der Waals surface area contributed by atoms with Gasteiger partial charge in [0.25, 0.3) is 11.7 Å². The van der Waals surface area contributed by atoms with E-state index in [0.29, 0.717) is 28.4 Å². The lowest BCUT2D eigenvalue weighted by Gasteiger charge is -2.34. The van der Waals surface area contributed by atoms with Crippen molar-refractivity contribution in [3.8, 4) is 11.6 Å². The zero-order valence-electron chi connectivity index (χ0n) is 17.8. The lowest BCUT2D eigenvalue weighted by molar-refractivity contribution is -0.598. The molecule has 1 aliphatic heterocycles. The first-order valence-electron chi connectivity index (χ1n) is 9.64. The highest BCUT2D eigenvalue weighted by Crippen LogP contribution is 2.46. The Morgan fingerprint density at radius 1 is 1.33 bits per heavy atom. The van der Waals surface area contributed by atoms with Crippen LogP contribution in [0, 0.1) is 0 Å². The molecule has 0 unspecified atom stereocenters. The quantitative estimate of drug-likeness (QED) is 0.286. The molecule has 7 N–H and O–H groups in total. The van der Waals surface area contributed by atoms with E-state index in [2.05, 4.69) is 24.4 Å². The number of hydrogen-bond acceptors (Lipinski definition) is 8. The fraction of sp³-hybridized carbons (Fsp3) is 0.200. The highest BCUT2D eigenvalue weighted by Gasteiger charge is 2.27. The van der Waals surface area contributed by atoms with Crippen molar-refractivity contribution in [2.75, 3.05) is 11.3 Å². The Balaban J connectivity index is 0.00000306. The smallest absolute Gasteiger partial charge is 0.267 e. The second kappa shape index (κ2) is 9.27. The number of aromatic amines is 1. The van der Waals surface area contributed by atoms with Gasteiger partial charge in [0.05, 0.1) is 23.0 Å². The van der Waals surface area contributed by atoms with Gasteiger partial charge < -0.3 is 15.8 Å². The number of amides is 1. The molecule has 33 heavy (non-hydrogen) atoms. The second-order valence-electron chi connectivity index (χ2n) is 7.82. The van der Waals surface area contributed by atoms with Crippen LogP contribution in [0.3, 0.4) is 0 Å². The number of nitrogens with two attached hydrogens (primary N) is 1. The van der Waals surface area contributed by atoms with E-state index in [1.54, 1.807) is 59.8 Å². The Bertz CT molecular complexity index is 1180. The number of rotatable bonds is 6. The summed E-state index contributed by atoms with van der Waals surface area (Å²) >= 11 is 0. The van der Waals surface area contributed by atoms with Gasteiger partial charge in [0.15, 0.2) is 12.2 Å². The van der Waals surface area contributed by atoms with E-state index in [1.807, 2.05) is 13.8 Å². The first kappa shape index (κ1) is 24.3. The monoisotopic (exact) mass is 494 g/mol. The van der Waals surface area contributed by atoms with E-state index in [1.165, 1.54) is 0 Å². The van der Waals surface area contributed by atoms with Crippen LogP contribution in [0.5, 0.6) is 5.75 Å². The summed E-state index contributed by atoms with van der Waals surface area (Å²) in [7, 11) is -3.38. The predicted molar refractivity (Wildman–Crippen MR) is 128 cm³/mol. The number of ether oxygens (including phenoxy) is 1. The van der Waals surface area contributed by atoms with E-state index in [0.717, 1.165) is 0 Å². The Morgan fingerprint density at radius 2 is 2.12 bits per heavy atom. The summed E-state index contributed by atoms with van der Waals surface area (Å²) < 4.78 is 33.5. The Morgan fingerprint density at radius 3 is 2.85 bits per heavy atom. The van der Waals surface area contributed by atoms with E-state index in [4.69, 9.17) is 10.5 Å². The number of benzene rings is 1. The Hall–Kier alpha value is -3.32. The van der Waals surface area contributed by atoms with Crippen molar-refractivity contribution in [3.63, 3.8) is 0 Å². The minimum Gasteiger partial charge on any atom is -0.490 e. The molecule has 1 aromatic carbocycles. The van der Waals surface area contributed by atoms with Crippen LogP contribution in [0.25, 0.3) is 5.82 Å². The molecule has 1 aliphatic rings. The largest absolute Gasteiger partial charge is 0.490 e. The number of nitrogens with one attached hydrogen (secondary N) is 3. The van der Waals surface area contributed by atoms with Gasteiger partial charge in [0.2, 0.25) is 0 Å². The summed E-state index contributed by atoms with van der Waals surface area (Å²) in [5.41, 5.74) is 6.49. The average Bonchev–Trinajstić information content (AvgIpc) is 3.26. The molecule has 11 nitrogen and oxygen atoms in total. The summed E-state index contributed by atoms with van der Waals surface area (Å²) in [4.78, 5) is 20.0. The highest BCUT2D eigenvalue weighted by molar-refractivity contribution is 8.24. The number of carbonyl (C=O) groups excluding carboxylic acids is 1. The Labute approximate surface area is 198 Å². The number of pyridine rings is 1. The van der Waals surface area contributed by atoms with Crippen LogP contribution in [0.1, 0.15) is 29.8 Å². The SMILES string of the molecule is CC(C)(COc1cccc2c1C(N)=NS(O)(O)N2)NC(=O)c1ccnc(-[n+]2cc[nH]c2)c1.Cl. The molecular weight excluding hydrogens is 470 g/mol. The van der Waals surface area contributed by atoms with Gasteiger partial charge in [0.1, 0.15) is 24.8 Å². The highest BCUT2D eigenvalue weighted by atomic mass is 35.5. The number of fused-ring (bicyclic) bond motifs is 1. The minimum absolute atomic E-state index is 0. The number of hydrogen-bond donors (Lipinski definition) is 6. The molecule has 4 rings (SSSR count). The van der Waals surface area contributed by atoms with Gasteiger partial charge in [-0.05, 0) is 43.0 Å². The molecule has 0 saturated carbocycles. The van der Waals surface area contributed by atoms with Crippen molar-refractivity contribution in [1.29, 1.82) is 0 Å². The fourth-order valence-electron chi connectivity index (χ4n) is 3.16. The first-order chi connectivity index (χ1) is 15.1. The lowest BCUT2D eigenvalue weighted by atomic mass is 10.1. The number of anilines is 1. The maximum atomic E-state index is 12.8. The van der Waals surface area contributed by atoms with Gasteiger partial charge in [-0.3, -0.25) is 23.6 Å². The molecule has 3 aromatic rings. The zero-order valence-corrected chi connectivity index (χ0v) is 19.5. The molecule has 0 spiro atoms. The second-order valence-corrected chi connectivity index (χ2v) is 9.25. The van der Waals surface area contributed by atoms with Crippen LogP contribution < -0.4 is 25.1 Å². The van der Waals surface area contributed by atoms with Gasteiger partial charge in [0, 0.05) is 11.6 Å². The molecule has 0 radical (unpaired) electrons. The number of aromatic nitrogens is 3. The van der Waals surface area contributed by atoms with E-state index in [-0.39, 0.29) is 30.8 Å². The topological polar surface area (TPSA) is 162 Å². The third kappa shape index (κ3) is 5.54. The van der Waals surface area contributed by atoms with Crippen molar-refractivity contribution in [3.05, 3.63) is 66.4 Å². The summed E-state index contributed by atoms with van der Waals surface area (Å²) in [6.45, 7) is 3.79. The minimum atomic E-state index is -3.38. The van der Waals surface area contributed by atoms with Crippen LogP contribution in [0.4, 0.5) is 5.69 Å². The average molecular weight is 495 g/mol. The van der Waals surface area contributed by atoms with Crippen LogP contribution >= 0.6 is 23.4 Å². The van der Waals surface area contributed by atoms with Gasteiger partial charge in [-0.2, -0.15) is 0 Å². The fourth-order valence-corrected chi connectivity index (χ4v) is 4.04. The molecule has 13 heteroatoms. The molecule has 0 aliphatic carbocycles.